The Balaban J connectivity index is 1.97. The molecule has 0 aromatic heterocycles. The van der Waals surface area contributed by atoms with E-state index in [-0.39, 0.29) is 5.82 Å². The smallest absolute Gasteiger partial charge is 0.127 e. The fourth-order valence-electron chi connectivity index (χ4n) is 2.70. The minimum atomic E-state index is -0.0654. The summed E-state index contributed by atoms with van der Waals surface area (Å²) < 4.78 is 14.1. The van der Waals surface area contributed by atoms with Gasteiger partial charge in [0.15, 0.2) is 0 Å². The molecule has 0 saturated heterocycles. The number of hydrogen-bond donors (Lipinski definition) is 1. The van der Waals surface area contributed by atoms with Crippen LogP contribution in [-0.4, -0.2) is 24.0 Å². The van der Waals surface area contributed by atoms with Gasteiger partial charge in [0.2, 0.25) is 0 Å². The first-order valence-corrected chi connectivity index (χ1v) is 8.32. The zero-order chi connectivity index (χ0) is 15.2. The van der Waals surface area contributed by atoms with E-state index in [9.17, 15) is 4.39 Å². The normalized spacial score (nSPS) is 15.1. The maximum absolute atomic E-state index is 14.1. The van der Waals surface area contributed by atoms with Crippen molar-refractivity contribution in [1.82, 2.24) is 10.2 Å². The van der Waals surface area contributed by atoms with Crippen LogP contribution in [0, 0.1) is 11.7 Å². The van der Waals surface area contributed by atoms with Crippen molar-refractivity contribution in [1.29, 1.82) is 0 Å². The van der Waals surface area contributed by atoms with Gasteiger partial charge in [-0.2, -0.15) is 0 Å². The minimum absolute atomic E-state index is 0.0654. The maximum atomic E-state index is 14.1. The van der Waals surface area contributed by atoms with Gasteiger partial charge in [-0.05, 0) is 49.9 Å². The van der Waals surface area contributed by atoms with Gasteiger partial charge < -0.3 is 5.32 Å². The molecule has 3 heteroatoms. The van der Waals surface area contributed by atoms with Crippen LogP contribution in [0.2, 0.25) is 0 Å². The van der Waals surface area contributed by atoms with E-state index in [1.807, 2.05) is 12.1 Å². The number of halogens is 1. The summed E-state index contributed by atoms with van der Waals surface area (Å²) in [6.45, 7) is 10.2. The highest BCUT2D eigenvalue weighted by Gasteiger charge is 2.28. The van der Waals surface area contributed by atoms with Crippen LogP contribution in [-0.2, 0) is 13.1 Å². The van der Waals surface area contributed by atoms with Crippen LogP contribution < -0.4 is 5.32 Å². The summed E-state index contributed by atoms with van der Waals surface area (Å²) in [5.41, 5.74) is 2.03. The van der Waals surface area contributed by atoms with Crippen molar-refractivity contribution in [3.05, 3.63) is 35.1 Å². The summed E-state index contributed by atoms with van der Waals surface area (Å²) in [5.74, 6) is 0.573. The molecule has 1 fully saturated rings. The average molecular weight is 292 g/mol. The first-order valence-electron chi connectivity index (χ1n) is 8.32. The summed E-state index contributed by atoms with van der Waals surface area (Å²) in [4.78, 5) is 2.43. The molecule has 21 heavy (non-hydrogen) atoms. The molecule has 0 spiro atoms. The number of nitrogens with one attached hydrogen (secondary N) is 1. The van der Waals surface area contributed by atoms with Gasteiger partial charge in [0, 0.05) is 24.7 Å². The summed E-state index contributed by atoms with van der Waals surface area (Å²) in [6.07, 6.45) is 3.68. The monoisotopic (exact) mass is 292 g/mol. The van der Waals surface area contributed by atoms with E-state index in [2.05, 4.69) is 31.0 Å². The summed E-state index contributed by atoms with van der Waals surface area (Å²) in [6, 6.07) is 6.24. The number of nitrogens with zero attached hydrogens (tertiary/aromatic N) is 1. The third-order valence-electron chi connectivity index (χ3n) is 3.94. The molecule has 0 aliphatic heterocycles. The SMILES string of the molecule is CCCN(Cc1cc(CNCC(C)C)ccc1F)C1CC1. The van der Waals surface area contributed by atoms with Gasteiger partial charge in [-0.3, -0.25) is 4.90 Å². The quantitative estimate of drug-likeness (QED) is 0.741. The molecular weight excluding hydrogens is 263 g/mol. The van der Waals surface area contributed by atoms with Crippen molar-refractivity contribution >= 4 is 0 Å². The standard InChI is InChI=1S/C18H29FN2/c1-4-9-21(17-6-7-17)13-16-10-15(5-8-18(16)19)12-20-11-14(2)3/h5,8,10,14,17,20H,4,6-7,9,11-13H2,1-3H3. The lowest BCUT2D eigenvalue weighted by Crippen LogP contribution is -2.27. The van der Waals surface area contributed by atoms with Gasteiger partial charge in [0.1, 0.15) is 5.82 Å². The molecule has 0 unspecified atom stereocenters. The van der Waals surface area contributed by atoms with Gasteiger partial charge in [-0.25, -0.2) is 4.39 Å². The van der Waals surface area contributed by atoms with Gasteiger partial charge in [-0.1, -0.05) is 32.9 Å². The van der Waals surface area contributed by atoms with Crippen LogP contribution in [0.15, 0.2) is 18.2 Å². The van der Waals surface area contributed by atoms with Crippen LogP contribution in [0.5, 0.6) is 0 Å². The molecule has 1 aliphatic rings. The van der Waals surface area contributed by atoms with Crippen LogP contribution in [0.3, 0.4) is 0 Å². The van der Waals surface area contributed by atoms with E-state index < -0.39 is 0 Å². The second-order valence-corrected chi connectivity index (χ2v) is 6.65. The molecule has 1 N–H and O–H groups in total. The lowest BCUT2D eigenvalue weighted by molar-refractivity contribution is 0.251. The Bertz CT molecular complexity index is 441. The second-order valence-electron chi connectivity index (χ2n) is 6.65. The molecule has 1 aromatic carbocycles. The molecular formula is C18H29FN2. The zero-order valence-electron chi connectivity index (χ0n) is 13.7. The number of rotatable bonds is 9. The lowest BCUT2D eigenvalue weighted by atomic mass is 10.1. The predicted octanol–water partition coefficient (Wildman–Crippen LogP) is 3.95. The predicted molar refractivity (Wildman–Crippen MR) is 86.7 cm³/mol. The molecule has 0 heterocycles. The molecule has 1 aromatic rings. The van der Waals surface area contributed by atoms with Crippen molar-refractivity contribution in [2.45, 2.75) is 59.2 Å². The highest BCUT2D eigenvalue weighted by molar-refractivity contribution is 5.25. The van der Waals surface area contributed by atoms with Gasteiger partial charge in [0.05, 0.1) is 0 Å². The molecule has 0 radical (unpaired) electrons. The molecule has 1 saturated carbocycles. The molecule has 2 nitrogen and oxygen atoms in total. The lowest BCUT2D eigenvalue weighted by Gasteiger charge is -2.22. The largest absolute Gasteiger partial charge is 0.312 e. The third-order valence-corrected chi connectivity index (χ3v) is 3.94. The molecule has 1 aliphatic carbocycles. The maximum Gasteiger partial charge on any atom is 0.127 e. The third kappa shape index (κ3) is 5.40. The van der Waals surface area contributed by atoms with E-state index in [4.69, 9.17) is 0 Å². The molecule has 118 valence electrons. The Hall–Kier alpha value is -0.930. The van der Waals surface area contributed by atoms with E-state index in [0.29, 0.717) is 12.0 Å². The topological polar surface area (TPSA) is 15.3 Å². The molecule has 0 amide bonds. The fraction of sp³-hybridized carbons (Fsp3) is 0.667. The van der Waals surface area contributed by atoms with Crippen LogP contribution in [0.1, 0.15) is 51.2 Å². The van der Waals surface area contributed by atoms with Crippen molar-refractivity contribution in [2.75, 3.05) is 13.1 Å². The molecule has 2 rings (SSSR count). The van der Waals surface area contributed by atoms with Crippen molar-refractivity contribution in [3.8, 4) is 0 Å². The van der Waals surface area contributed by atoms with Crippen LogP contribution in [0.4, 0.5) is 4.39 Å². The zero-order valence-corrected chi connectivity index (χ0v) is 13.7. The first-order chi connectivity index (χ1) is 10.1. The highest BCUT2D eigenvalue weighted by Crippen LogP contribution is 2.29. The summed E-state index contributed by atoms with van der Waals surface area (Å²) in [7, 11) is 0. The molecule has 0 atom stereocenters. The summed E-state index contributed by atoms with van der Waals surface area (Å²) >= 11 is 0. The van der Waals surface area contributed by atoms with Crippen molar-refractivity contribution < 1.29 is 4.39 Å². The van der Waals surface area contributed by atoms with E-state index in [1.165, 1.54) is 18.4 Å². The van der Waals surface area contributed by atoms with Gasteiger partial charge in [0.25, 0.3) is 0 Å². The second kappa shape index (κ2) is 7.90. The Morgan fingerprint density at radius 2 is 2.10 bits per heavy atom. The van der Waals surface area contributed by atoms with E-state index in [1.54, 1.807) is 6.07 Å². The molecule has 0 bridgehead atoms. The fourth-order valence-corrected chi connectivity index (χ4v) is 2.70. The van der Waals surface area contributed by atoms with Crippen molar-refractivity contribution in [3.63, 3.8) is 0 Å². The minimum Gasteiger partial charge on any atom is -0.312 e. The summed E-state index contributed by atoms with van der Waals surface area (Å²) in [5, 5.41) is 3.43. The Kier molecular flexibility index (Phi) is 6.19. The Labute approximate surface area is 128 Å². The average Bonchev–Trinajstić information content (AvgIpc) is 3.25. The van der Waals surface area contributed by atoms with E-state index >= 15 is 0 Å². The van der Waals surface area contributed by atoms with Gasteiger partial charge in [-0.15, -0.1) is 0 Å². The van der Waals surface area contributed by atoms with Crippen molar-refractivity contribution in [2.24, 2.45) is 5.92 Å². The van der Waals surface area contributed by atoms with Gasteiger partial charge >= 0.3 is 0 Å². The Morgan fingerprint density at radius 1 is 1.33 bits per heavy atom. The number of benzene rings is 1. The number of hydrogen-bond acceptors (Lipinski definition) is 2. The Morgan fingerprint density at radius 3 is 2.71 bits per heavy atom. The van der Waals surface area contributed by atoms with Crippen LogP contribution >= 0.6 is 0 Å². The first kappa shape index (κ1) is 16.4. The van der Waals surface area contributed by atoms with E-state index in [0.717, 1.165) is 38.2 Å². The van der Waals surface area contributed by atoms with Crippen LogP contribution in [0.25, 0.3) is 0 Å². The highest BCUT2D eigenvalue weighted by atomic mass is 19.1.